The number of carbonyl (C=O) groups excluding carboxylic acids is 1. The fourth-order valence-electron chi connectivity index (χ4n) is 1.09. The lowest BCUT2D eigenvalue weighted by Gasteiger charge is -2.34. The predicted molar refractivity (Wildman–Crippen MR) is 45.2 cm³/mol. The van der Waals surface area contributed by atoms with Gasteiger partial charge in [0, 0.05) is 7.11 Å². The van der Waals surface area contributed by atoms with Gasteiger partial charge in [0.05, 0.1) is 6.10 Å². The van der Waals surface area contributed by atoms with Gasteiger partial charge in [0.25, 0.3) is 0 Å². The van der Waals surface area contributed by atoms with Crippen LogP contribution in [0.3, 0.4) is 0 Å². The second kappa shape index (κ2) is 4.66. The van der Waals surface area contributed by atoms with Crippen LogP contribution in [0.15, 0.2) is 0 Å². The van der Waals surface area contributed by atoms with Gasteiger partial charge in [-0.1, -0.05) is 0 Å². The van der Waals surface area contributed by atoms with Gasteiger partial charge in [-0.05, 0) is 13.8 Å². The van der Waals surface area contributed by atoms with Crippen LogP contribution in [0.4, 0.5) is 0 Å². The molecular formula is C8H16O5. The van der Waals surface area contributed by atoms with Gasteiger partial charge >= 0.3 is 0 Å². The van der Waals surface area contributed by atoms with E-state index in [0.29, 0.717) is 6.29 Å². The second-order valence-corrected chi connectivity index (χ2v) is 3.20. The summed E-state index contributed by atoms with van der Waals surface area (Å²) in [5.41, 5.74) is -1.79. The third-order valence-electron chi connectivity index (χ3n) is 2.01. The highest BCUT2D eigenvalue weighted by Gasteiger charge is 2.41. The summed E-state index contributed by atoms with van der Waals surface area (Å²) >= 11 is 0. The smallest absolute Gasteiger partial charge is 0.151 e. The molecule has 0 heterocycles. The van der Waals surface area contributed by atoms with E-state index in [0.717, 1.165) is 0 Å². The molecule has 0 fully saturated rings. The molecule has 0 unspecified atom stereocenters. The molecule has 5 heteroatoms. The van der Waals surface area contributed by atoms with Gasteiger partial charge in [-0.15, -0.1) is 0 Å². The van der Waals surface area contributed by atoms with Gasteiger partial charge in [0.2, 0.25) is 0 Å². The summed E-state index contributed by atoms with van der Waals surface area (Å²) in [5, 5.41) is 28.0. The molecule has 0 radical (unpaired) electrons. The van der Waals surface area contributed by atoms with Crippen LogP contribution in [0, 0.1) is 0 Å². The average molecular weight is 192 g/mol. The number of rotatable bonds is 5. The molecule has 0 aromatic carbocycles. The van der Waals surface area contributed by atoms with Crippen molar-refractivity contribution in [3.05, 3.63) is 0 Å². The van der Waals surface area contributed by atoms with E-state index in [2.05, 4.69) is 4.74 Å². The van der Waals surface area contributed by atoms with E-state index in [9.17, 15) is 15.0 Å². The number of hydrogen-bond acceptors (Lipinski definition) is 5. The Kier molecular flexibility index (Phi) is 4.49. The molecule has 0 aromatic heterocycles. The van der Waals surface area contributed by atoms with E-state index < -0.39 is 23.9 Å². The number of hydrogen-bond donors (Lipinski definition) is 3. The Hall–Kier alpha value is -0.490. The number of ether oxygens (including phenoxy) is 1. The molecule has 4 atom stereocenters. The molecule has 0 aromatic rings. The van der Waals surface area contributed by atoms with Gasteiger partial charge in [-0.3, -0.25) is 0 Å². The first-order valence-corrected chi connectivity index (χ1v) is 3.94. The van der Waals surface area contributed by atoms with Crippen molar-refractivity contribution < 1.29 is 24.9 Å². The maximum atomic E-state index is 10.4. The summed E-state index contributed by atoms with van der Waals surface area (Å²) in [7, 11) is 1.24. The molecule has 13 heavy (non-hydrogen) atoms. The minimum Gasteiger partial charge on any atom is -0.391 e. The van der Waals surface area contributed by atoms with E-state index in [-0.39, 0.29) is 0 Å². The quantitative estimate of drug-likeness (QED) is 0.471. The van der Waals surface area contributed by atoms with Crippen LogP contribution in [0.2, 0.25) is 0 Å². The monoisotopic (exact) mass is 192 g/mol. The Morgan fingerprint density at radius 2 is 1.92 bits per heavy atom. The highest BCUT2D eigenvalue weighted by Crippen LogP contribution is 2.18. The molecule has 0 saturated carbocycles. The topological polar surface area (TPSA) is 87.0 Å². The van der Waals surface area contributed by atoms with Crippen LogP contribution in [0.5, 0.6) is 0 Å². The van der Waals surface area contributed by atoms with Crippen molar-refractivity contribution in [2.45, 2.75) is 37.8 Å². The van der Waals surface area contributed by atoms with Gasteiger partial charge in [0.1, 0.15) is 17.8 Å². The van der Waals surface area contributed by atoms with Crippen LogP contribution in [0.25, 0.3) is 0 Å². The molecule has 0 spiro atoms. The van der Waals surface area contributed by atoms with Crippen LogP contribution in [-0.4, -0.2) is 52.6 Å². The van der Waals surface area contributed by atoms with Crippen LogP contribution in [-0.2, 0) is 9.53 Å². The maximum absolute atomic E-state index is 10.4. The average Bonchev–Trinajstić information content (AvgIpc) is 2.04. The number of aliphatic hydroxyl groups is 3. The molecule has 0 aliphatic heterocycles. The summed E-state index contributed by atoms with van der Waals surface area (Å²) in [4.78, 5) is 10.4. The van der Waals surface area contributed by atoms with Crippen molar-refractivity contribution >= 4 is 6.29 Å². The number of aliphatic hydroxyl groups excluding tert-OH is 2. The van der Waals surface area contributed by atoms with E-state index in [1.54, 1.807) is 0 Å². The van der Waals surface area contributed by atoms with Gasteiger partial charge in [-0.25, -0.2) is 0 Å². The Labute approximate surface area is 77.0 Å². The summed E-state index contributed by atoms with van der Waals surface area (Å²) in [6.07, 6.45) is -3.33. The summed E-state index contributed by atoms with van der Waals surface area (Å²) in [6.45, 7) is 2.55. The van der Waals surface area contributed by atoms with Gasteiger partial charge in [-0.2, -0.15) is 0 Å². The minimum absolute atomic E-state index is 0.381. The molecule has 0 amide bonds. The maximum Gasteiger partial charge on any atom is 0.151 e. The standard InChI is InChI=1S/C8H16O5/c1-5(10)7(11)8(2,12)6(4-9)13-3/h4-7,10-12H,1-3H3/t5-,6-,7-,8-/m1/s1. The van der Waals surface area contributed by atoms with Gasteiger partial charge in [0.15, 0.2) is 6.29 Å². The predicted octanol–water partition coefficient (Wildman–Crippen LogP) is -1.31. The lowest BCUT2D eigenvalue weighted by Crippen LogP contribution is -2.55. The van der Waals surface area contributed by atoms with Crippen molar-refractivity contribution in [3.63, 3.8) is 0 Å². The lowest BCUT2D eigenvalue weighted by molar-refractivity contribution is -0.172. The van der Waals surface area contributed by atoms with Gasteiger partial charge < -0.3 is 24.9 Å². The van der Waals surface area contributed by atoms with Crippen LogP contribution >= 0.6 is 0 Å². The van der Waals surface area contributed by atoms with E-state index in [1.807, 2.05) is 0 Å². The molecule has 78 valence electrons. The molecule has 3 N–H and O–H groups in total. The van der Waals surface area contributed by atoms with Crippen molar-refractivity contribution in [3.8, 4) is 0 Å². The summed E-state index contributed by atoms with van der Waals surface area (Å²) in [5.74, 6) is 0. The van der Waals surface area contributed by atoms with E-state index in [4.69, 9.17) is 5.11 Å². The Morgan fingerprint density at radius 3 is 2.15 bits per heavy atom. The normalized spacial score (nSPS) is 22.9. The molecule has 0 rings (SSSR count). The van der Waals surface area contributed by atoms with E-state index in [1.165, 1.54) is 21.0 Å². The Morgan fingerprint density at radius 1 is 1.46 bits per heavy atom. The lowest BCUT2D eigenvalue weighted by atomic mass is 9.90. The molecule has 0 aliphatic rings. The number of carbonyl (C=O) groups is 1. The van der Waals surface area contributed by atoms with E-state index >= 15 is 0 Å². The third-order valence-corrected chi connectivity index (χ3v) is 2.01. The fourth-order valence-corrected chi connectivity index (χ4v) is 1.09. The van der Waals surface area contributed by atoms with Crippen molar-refractivity contribution in [2.24, 2.45) is 0 Å². The zero-order valence-electron chi connectivity index (χ0n) is 7.97. The number of methoxy groups -OCH3 is 1. The van der Waals surface area contributed by atoms with Crippen LogP contribution in [0.1, 0.15) is 13.8 Å². The summed E-state index contributed by atoms with van der Waals surface area (Å²) < 4.78 is 4.65. The zero-order valence-corrected chi connectivity index (χ0v) is 7.97. The second-order valence-electron chi connectivity index (χ2n) is 3.20. The highest BCUT2D eigenvalue weighted by molar-refractivity contribution is 5.58. The molecule has 0 saturated heterocycles. The van der Waals surface area contributed by atoms with Crippen LogP contribution < -0.4 is 0 Å². The SMILES string of the molecule is CO[C@H](C=O)[C@@](C)(O)[C@H](O)[C@@H](C)O. The van der Waals surface area contributed by atoms with Crippen molar-refractivity contribution in [2.75, 3.05) is 7.11 Å². The fraction of sp³-hybridized carbons (Fsp3) is 0.875. The zero-order chi connectivity index (χ0) is 10.6. The first kappa shape index (κ1) is 12.5. The first-order chi connectivity index (χ1) is 5.87. The Bertz CT molecular complexity index is 166. The molecule has 5 nitrogen and oxygen atoms in total. The number of aldehydes is 1. The first-order valence-electron chi connectivity index (χ1n) is 3.94. The summed E-state index contributed by atoms with van der Waals surface area (Å²) in [6, 6.07) is 0. The van der Waals surface area contributed by atoms with Crippen molar-refractivity contribution in [1.82, 2.24) is 0 Å². The third kappa shape index (κ3) is 2.73. The Balaban J connectivity index is 4.60. The molecule has 0 bridgehead atoms. The highest BCUT2D eigenvalue weighted by atomic mass is 16.5. The molecule has 0 aliphatic carbocycles. The largest absolute Gasteiger partial charge is 0.391 e. The van der Waals surface area contributed by atoms with Crippen molar-refractivity contribution in [1.29, 1.82) is 0 Å². The molecular weight excluding hydrogens is 176 g/mol. The minimum atomic E-state index is -1.79.